The number of hydrogen-bond donors (Lipinski definition) is 1. The molecule has 0 spiro atoms. The first-order valence-electron chi connectivity index (χ1n) is 10.5. The highest BCUT2D eigenvalue weighted by molar-refractivity contribution is 7.93. The normalized spacial score (nSPS) is 12.2. The third kappa shape index (κ3) is 4.75. The lowest BCUT2D eigenvalue weighted by atomic mass is 10.2. The fourth-order valence-electron chi connectivity index (χ4n) is 3.45. The summed E-state index contributed by atoms with van der Waals surface area (Å²) in [5, 5.41) is 7.37. The number of rotatable bonds is 10. The Kier molecular flexibility index (Phi) is 6.87. The lowest BCUT2D eigenvalue weighted by molar-refractivity contribution is 0.389. The molecule has 3 heterocycles. The van der Waals surface area contributed by atoms with E-state index in [4.69, 9.17) is 18.6 Å². The molecule has 0 aliphatic heterocycles. The van der Waals surface area contributed by atoms with E-state index in [-0.39, 0.29) is 24.1 Å². The van der Waals surface area contributed by atoms with Gasteiger partial charge in [-0.05, 0) is 31.2 Å². The average Bonchev–Trinajstić information content (AvgIpc) is 3.53. The van der Waals surface area contributed by atoms with Crippen LogP contribution in [0, 0.1) is 0 Å². The Balaban J connectivity index is 1.78. The van der Waals surface area contributed by atoms with Gasteiger partial charge in [-0.3, -0.25) is 14.3 Å². The van der Waals surface area contributed by atoms with Crippen LogP contribution in [0.4, 0.5) is 5.95 Å². The number of hydrogen-bond acceptors (Lipinski definition) is 10. The molecule has 1 atom stereocenters. The molecule has 0 fully saturated rings. The van der Waals surface area contributed by atoms with Crippen LogP contribution in [0.3, 0.4) is 0 Å². The molecular weight excluding hydrogens is 476 g/mol. The van der Waals surface area contributed by atoms with Gasteiger partial charge in [0, 0.05) is 18.8 Å². The van der Waals surface area contributed by atoms with Gasteiger partial charge < -0.3 is 18.6 Å². The van der Waals surface area contributed by atoms with E-state index >= 15 is 0 Å². The van der Waals surface area contributed by atoms with E-state index in [1.807, 2.05) is 0 Å². The molecule has 1 unspecified atom stereocenters. The van der Waals surface area contributed by atoms with Crippen LogP contribution in [0.15, 0.2) is 53.4 Å². The number of anilines is 1. The van der Waals surface area contributed by atoms with Crippen LogP contribution in [-0.2, 0) is 16.4 Å². The second-order valence-electron chi connectivity index (χ2n) is 7.35. The third-order valence-electron chi connectivity index (χ3n) is 5.20. The van der Waals surface area contributed by atoms with Crippen molar-refractivity contribution in [2.75, 3.05) is 26.1 Å². The summed E-state index contributed by atoms with van der Waals surface area (Å²) in [5.74, 6) is 1.63. The second-order valence-corrected chi connectivity index (χ2v) is 9.44. The lowest BCUT2D eigenvalue weighted by Crippen LogP contribution is -2.29. The van der Waals surface area contributed by atoms with Crippen molar-refractivity contribution in [1.29, 1.82) is 0 Å². The number of furan rings is 1. The number of nitrogens with one attached hydrogen (secondary N) is 1. The Morgan fingerprint density at radius 1 is 1.00 bits per heavy atom. The molecule has 184 valence electrons. The monoisotopic (exact) mass is 500 g/mol. The highest BCUT2D eigenvalue weighted by Gasteiger charge is 2.29. The molecule has 0 saturated carbocycles. The van der Waals surface area contributed by atoms with Crippen LogP contribution in [-0.4, -0.2) is 59.7 Å². The van der Waals surface area contributed by atoms with Crippen molar-refractivity contribution in [1.82, 2.24) is 24.7 Å². The lowest BCUT2D eigenvalue weighted by Gasteiger charge is -2.18. The first-order chi connectivity index (χ1) is 16.9. The Hall–Kier alpha value is -4.13. The molecule has 3 aromatic heterocycles. The Bertz CT molecular complexity index is 1380. The highest BCUT2D eigenvalue weighted by Crippen LogP contribution is 2.37. The maximum Gasteiger partial charge on any atom is 0.243 e. The van der Waals surface area contributed by atoms with Crippen molar-refractivity contribution in [2.24, 2.45) is 0 Å². The molecule has 0 amide bonds. The molecule has 1 aromatic carbocycles. The number of methoxy groups -OCH3 is 3. The molecular formula is C22H24N6O6S. The summed E-state index contributed by atoms with van der Waals surface area (Å²) in [4.78, 5) is 8.28. The largest absolute Gasteiger partial charge is 0.494 e. The fourth-order valence-corrected chi connectivity index (χ4v) is 4.42. The Morgan fingerprint density at radius 2 is 1.71 bits per heavy atom. The van der Waals surface area contributed by atoms with Gasteiger partial charge in [0.1, 0.15) is 22.9 Å². The molecule has 12 nitrogen and oxygen atoms in total. The minimum absolute atomic E-state index is 0.0590. The zero-order valence-corrected chi connectivity index (χ0v) is 20.3. The summed E-state index contributed by atoms with van der Waals surface area (Å²) < 4.78 is 52.4. The van der Waals surface area contributed by atoms with Gasteiger partial charge in [0.05, 0.1) is 32.8 Å². The molecule has 1 N–H and O–H groups in total. The van der Waals surface area contributed by atoms with Gasteiger partial charge in [-0.25, -0.2) is 13.4 Å². The van der Waals surface area contributed by atoms with Gasteiger partial charge in [0.2, 0.25) is 27.7 Å². The van der Waals surface area contributed by atoms with Gasteiger partial charge in [-0.15, -0.1) is 10.2 Å². The van der Waals surface area contributed by atoms with Gasteiger partial charge in [-0.2, -0.15) is 0 Å². The van der Waals surface area contributed by atoms with Crippen LogP contribution < -0.4 is 18.9 Å². The first-order valence-corrected chi connectivity index (χ1v) is 12.0. The van der Waals surface area contributed by atoms with Crippen molar-refractivity contribution in [2.45, 2.75) is 18.6 Å². The number of benzene rings is 1. The van der Waals surface area contributed by atoms with Crippen molar-refractivity contribution < 1.29 is 27.0 Å². The fraction of sp³-hybridized carbons (Fsp3) is 0.273. The zero-order chi connectivity index (χ0) is 25.0. The number of aromatic nitrogens is 5. The van der Waals surface area contributed by atoms with Crippen LogP contribution in [0.25, 0.3) is 17.3 Å². The first kappa shape index (κ1) is 24.0. The van der Waals surface area contributed by atoms with E-state index in [1.54, 1.807) is 37.3 Å². The molecule has 0 bridgehead atoms. The van der Waals surface area contributed by atoms with Gasteiger partial charge in [0.25, 0.3) is 0 Å². The quantitative estimate of drug-likeness (QED) is 0.345. The second kappa shape index (κ2) is 10.0. The van der Waals surface area contributed by atoms with Crippen molar-refractivity contribution >= 4 is 16.0 Å². The topological polar surface area (TPSA) is 143 Å². The van der Waals surface area contributed by atoms with Crippen LogP contribution in [0.1, 0.15) is 12.6 Å². The third-order valence-corrected chi connectivity index (χ3v) is 6.90. The number of ether oxygens (including phenoxy) is 3. The predicted octanol–water partition coefficient (Wildman–Crippen LogP) is 2.72. The molecule has 0 aliphatic rings. The van der Waals surface area contributed by atoms with E-state index in [2.05, 4.69) is 24.9 Å². The van der Waals surface area contributed by atoms with Crippen molar-refractivity contribution in [3.05, 3.63) is 54.7 Å². The van der Waals surface area contributed by atoms with E-state index in [9.17, 15) is 8.42 Å². The summed E-state index contributed by atoms with van der Waals surface area (Å²) >= 11 is 0. The zero-order valence-electron chi connectivity index (χ0n) is 19.5. The molecule has 4 rings (SSSR count). The molecule has 0 radical (unpaired) electrons. The van der Waals surface area contributed by atoms with E-state index in [1.165, 1.54) is 44.6 Å². The van der Waals surface area contributed by atoms with E-state index in [0.717, 1.165) is 0 Å². The van der Waals surface area contributed by atoms with Crippen molar-refractivity contribution in [3.63, 3.8) is 0 Å². The number of para-hydroxylation sites is 1. The maximum atomic E-state index is 13.3. The molecule has 0 saturated heterocycles. The summed E-state index contributed by atoms with van der Waals surface area (Å²) in [6, 6.07) is 8.55. The van der Waals surface area contributed by atoms with Crippen LogP contribution in [0.5, 0.6) is 17.4 Å². The predicted molar refractivity (Wildman–Crippen MR) is 126 cm³/mol. The minimum atomic E-state index is -3.97. The van der Waals surface area contributed by atoms with E-state index in [0.29, 0.717) is 28.6 Å². The standard InChI is InChI=1S/C22H24N6O6S/c1-14(13-15-21(33-4)24-11-10-23-15)35(29,30)27-22-26-25-20(18-9-6-12-34-18)28(22)19-16(31-2)7-5-8-17(19)32-3/h5-12,14H,13H2,1-4H3,(H,26,27). The van der Waals surface area contributed by atoms with Crippen molar-refractivity contribution in [3.8, 4) is 34.7 Å². The maximum absolute atomic E-state index is 13.3. The summed E-state index contributed by atoms with van der Waals surface area (Å²) in [5.41, 5.74) is 0.812. The summed E-state index contributed by atoms with van der Waals surface area (Å²) in [6.07, 6.45) is 4.49. The van der Waals surface area contributed by atoms with Gasteiger partial charge in [0.15, 0.2) is 5.76 Å². The van der Waals surface area contributed by atoms with Crippen LogP contribution in [0.2, 0.25) is 0 Å². The summed E-state index contributed by atoms with van der Waals surface area (Å²) in [6.45, 7) is 1.55. The smallest absolute Gasteiger partial charge is 0.243 e. The Labute approximate surface area is 202 Å². The highest BCUT2D eigenvalue weighted by atomic mass is 32.2. The average molecular weight is 501 g/mol. The molecule has 0 aliphatic carbocycles. The minimum Gasteiger partial charge on any atom is -0.494 e. The molecule has 4 aromatic rings. The molecule has 35 heavy (non-hydrogen) atoms. The number of sulfonamides is 1. The summed E-state index contributed by atoms with van der Waals surface area (Å²) in [7, 11) is 0.469. The SMILES string of the molecule is COc1cccc(OC)c1-n1c(NS(=O)(=O)C(C)Cc2nccnc2OC)nnc1-c1ccco1. The van der Waals surface area contributed by atoms with Gasteiger partial charge in [-0.1, -0.05) is 6.07 Å². The van der Waals surface area contributed by atoms with Crippen LogP contribution >= 0.6 is 0 Å². The molecule has 13 heteroatoms. The number of nitrogens with zero attached hydrogens (tertiary/aromatic N) is 5. The Morgan fingerprint density at radius 3 is 2.34 bits per heavy atom. The van der Waals surface area contributed by atoms with Gasteiger partial charge >= 0.3 is 0 Å². The van der Waals surface area contributed by atoms with E-state index < -0.39 is 15.3 Å².